The molecule has 0 spiro atoms. The number of anilines is 1. The molecule has 0 aliphatic carbocycles. The highest BCUT2D eigenvalue weighted by Gasteiger charge is 2.19. The number of halogens is 1. The van der Waals surface area contributed by atoms with Crippen molar-refractivity contribution in [3.8, 4) is 0 Å². The minimum Gasteiger partial charge on any atom is -0.361 e. The van der Waals surface area contributed by atoms with Gasteiger partial charge in [0, 0.05) is 18.5 Å². The summed E-state index contributed by atoms with van der Waals surface area (Å²) >= 11 is 1.17. The summed E-state index contributed by atoms with van der Waals surface area (Å²) in [5, 5.41) is 3.40. The number of thiazole rings is 1. The number of aryl methyl sites for hydroxylation is 1. The molecule has 3 rings (SSSR count). The van der Waals surface area contributed by atoms with Crippen molar-refractivity contribution in [3.05, 3.63) is 76.8 Å². The van der Waals surface area contributed by atoms with Crippen LogP contribution < -0.4 is 10.0 Å². The summed E-state index contributed by atoms with van der Waals surface area (Å²) in [4.78, 5) is 17.2. The number of rotatable bonds is 9. The summed E-state index contributed by atoms with van der Waals surface area (Å²) in [6.07, 6.45) is -0.361. The predicted molar refractivity (Wildman–Crippen MR) is 111 cm³/mol. The number of carbonyl (C=O) groups is 1. The second-order valence-corrected chi connectivity index (χ2v) is 9.04. The maximum Gasteiger partial charge on any atom is 0.242 e. The molecule has 9 heteroatoms. The fourth-order valence-electron chi connectivity index (χ4n) is 2.62. The Balaban J connectivity index is 1.52. The van der Waals surface area contributed by atoms with Gasteiger partial charge in [0.2, 0.25) is 15.8 Å². The van der Waals surface area contributed by atoms with Crippen LogP contribution >= 0.6 is 11.3 Å². The lowest BCUT2D eigenvalue weighted by molar-refractivity contribution is 0.104. The molecule has 0 amide bonds. The van der Waals surface area contributed by atoms with E-state index in [4.69, 9.17) is 0 Å². The number of ketones is 1. The van der Waals surface area contributed by atoms with Crippen LogP contribution in [0.4, 0.5) is 9.52 Å². The molecular formula is C20H20FN3O3S2. The molecule has 2 aromatic carbocycles. The number of nitrogens with zero attached hydrogens (tertiary/aromatic N) is 1. The molecule has 0 saturated heterocycles. The van der Waals surface area contributed by atoms with Gasteiger partial charge in [0.05, 0.1) is 16.0 Å². The summed E-state index contributed by atoms with van der Waals surface area (Å²) in [5.41, 5.74) is 1.49. The van der Waals surface area contributed by atoms with Crippen LogP contribution in [0.25, 0.3) is 0 Å². The highest BCUT2D eigenvalue weighted by molar-refractivity contribution is 7.89. The molecule has 1 aromatic heterocycles. The van der Waals surface area contributed by atoms with E-state index in [0.29, 0.717) is 15.6 Å². The van der Waals surface area contributed by atoms with Crippen LogP contribution in [0.2, 0.25) is 0 Å². The molecule has 2 N–H and O–H groups in total. The highest BCUT2D eigenvalue weighted by atomic mass is 32.2. The minimum absolute atomic E-state index is 0.00916. The topological polar surface area (TPSA) is 88.2 Å². The Kier molecular flexibility index (Phi) is 6.73. The van der Waals surface area contributed by atoms with Gasteiger partial charge in [-0.25, -0.2) is 17.8 Å². The fourth-order valence-corrected chi connectivity index (χ4v) is 4.52. The van der Waals surface area contributed by atoms with Gasteiger partial charge in [0.25, 0.3) is 0 Å². The maximum absolute atomic E-state index is 14.1. The molecule has 29 heavy (non-hydrogen) atoms. The Labute approximate surface area is 172 Å². The number of alkyl halides is 1. The molecule has 0 fully saturated rings. The molecule has 1 atom stereocenters. The molecule has 1 heterocycles. The number of sulfonamides is 1. The van der Waals surface area contributed by atoms with Crippen molar-refractivity contribution in [2.45, 2.75) is 24.5 Å². The van der Waals surface area contributed by atoms with Crippen LogP contribution in [0, 0.1) is 6.92 Å². The van der Waals surface area contributed by atoms with Crippen LogP contribution in [-0.4, -0.2) is 32.0 Å². The number of hydrogen-bond acceptors (Lipinski definition) is 6. The van der Waals surface area contributed by atoms with Gasteiger partial charge in [-0.2, -0.15) is 4.72 Å². The maximum atomic E-state index is 14.1. The molecule has 6 nitrogen and oxygen atoms in total. The molecule has 0 bridgehead atoms. The Morgan fingerprint density at radius 1 is 1.14 bits per heavy atom. The first kappa shape index (κ1) is 21.1. The van der Waals surface area contributed by atoms with E-state index in [1.807, 2.05) is 23.8 Å². The van der Waals surface area contributed by atoms with E-state index in [1.54, 1.807) is 30.3 Å². The summed E-state index contributed by atoms with van der Waals surface area (Å²) < 4.78 is 40.3. The van der Waals surface area contributed by atoms with Crippen molar-refractivity contribution < 1.29 is 17.6 Å². The van der Waals surface area contributed by atoms with E-state index in [1.165, 1.54) is 29.7 Å². The van der Waals surface area contributed by atoms with Gasteiger partial charge >= 0.3 is 0 Å². The SMILES string of the molecule is Cc1ccccc1C(=O)c1cnc(NCCC(F)NS(=O)(=O)c2ccccc2)s1. The van der Waals surface area contributed by atoms with Crippen LogP contribution in [0.15, 0.2) is 65.7 Å². The third kappa shape index (κ3) is 5.47. The standard InChI is InChI=1S/C20H20FN3O3S2/c1-14-7-5-6-10-16(14)19(25)17-13-23-20(28-17)22-12-11-18(21)24-29(26,27)15-8-3-2-4-9-15/h2-10,13,18,24H,11-12H2,1H3,(H,22,23). The van der Waals surface area contributed by atoms with E-state index < -0.39 is 16.3 Å². The molecule has 0 radical (unpaired) electrons. The van der Waals surface area contributed by atoms with Gasteiger partial charge in [-0.3, -0.25) is 4.79 Å². The number of nitrogens with one attached hydrogen (secondary N) is 2. The van der Waals surface area contributed by atoms with Crippen LogP contribution in [-0.2, 0) is 10.0 Å². The zero-order valence-electron chi connectivity index (χ0n) is 15.6. The van der Waals surface area contributed by atoms with E-state index in [9.17, 15) is 17.6 Å². The van der Waals surface area contributed by atoms with Crippen molar-refractivity contribution in [1.29, 1.82) is 0 Å². The molecule has 152 valence electrons. The fraction of sp³-hybridized carbons (Fsp3) is 0.200. The average molecular weight is 434 g/mol. The molecule has 0 saturated carbocycles. The van der Waals surface area contributed by atoms with Gasteiger partial charge in [-0.1, -0.05) is 53.8 Å². The van der Waals surface area contributed by atoms with Crippen molar-refractivity contribution >= 4 is 32.3 Å². The lowest BCUT2D eigenvalue weighted by atomic mass is 10.0. The van der Waals surface area contributed by atoms with Crippen molar-refractivity contribution in [2.75, 3.05) is 11.9 Å². The van der Waals surface area contributed by atoms with Crippen molar-refractivity contribution in [1.82, 2.24) is 9.71 Å². The van der Waals surface area contributed by atoms with Gasteiger partial charge in [0.15, 0.2) is 11.4 Å². The van der Waals surface area contributed by atoms with Gasteiger partial charge in [-0.05, 0) is 24.6 Å². The molecule has 0 aliphatic rings. The summed E-state index contributed by atoms with van der Waals surface area (Å²) in [5.74, 6) is -0.118. The Bertz CT molecular complexity index is 1090. The third-order valence-electron chi connectivity index (χ3n) is 4.13. The second-order valence-electron chi connectivity index (χ2n) is 6.29. The molecule has 3 aromatic rings. The summed E-state index contributed by atoms with van der Waals surface area (Å²) in [7, 11) is -3.91. The smallest absolute Gasteiger partial charge is 0.242 e. The molecule has 0 aliphatic heterocycles. The first-order chi connectivity index (χ1) is 13.9. The molecular weight excluding hydrogens is 413 g/mol. The number of carbonyl (C=O) groups excluding carboxylic acids is 1. The van der Waals surface area contributed by atoms with E-state index >= 15 is 0 Å². The van der Waals surface area contributed by atoms with Crippen molar-refractivity contribution in [3.63, 3.8) is 0 Å². The lowest BCUT2D eigenvalue weighted by Crippen LogP contribution is -2.33. The highest BCUT2D eigenvalue weighted by Crippen LogP contribution is 2.22. The Morgan fingerprint density at radius 2 is 1.83 bits per heavy atom. The average Bonchev–Trinajstić information content (AvgIpc) is 3.17. The summed E-state index contributed by atoms with van der Waals surface area (Å²) in [6.45, 7) is 2.02. The van der Waals surface area contributed by atoms with E-state index in [0.717, 1.165) is 5.56 Å². The number of hydrogen-bond donors (Lipinski definition) is 2. The third-order valence-corrected chi connectivity index (χ3v) is 6.54. The Hall–Kier alpha value is -2.62. The number of benzene rings is 2. The van der Waals surface area contributed by atoms with Crippen LogP contribution in [0.3, 0.4) is 0 Å². The summed E-state index contributed by atoms with van der Waals surface area (Å²) in [6, 6.07) is 14.9. The first-order valence-corrected chi connectivity index (χ1v) is 11.2. The normalized spacial score (nSPS) is 12.5. The zero-order chi connectivity index (χ0) is 20.9. The number of aromatic nitrogens is 1. The van der Waals surface area contributed by atoms with Crippen LogP contribution in [0.1, 0.15) is 27.2 Å². The van der Waals surface area contributed by atoms with Gasteiger partial charge in [-0.15, -0.1) is 0 Å². The largest absolute Gasteiger partial charge is 0.361 e. The quantitative estimate of drug-likeness (QED) is 0.396. The monoisotopic (exact) mass is 433 g/mol. The van der Waals surface area contributed by atoms with Crippen LogP contribution in [0.5, 0.6) is 0 Å². The van der Waals surface area contributed by atoms with Gasteiger partial charge < -0.3 is 5.32 Å². The first-order valence-electron chi connectivity index (χ1n) is 8.88. The Morgan fingerprint density at radius 3 is 2.55 bits per heavy atom. The van der Waals surface area contributed by atoms with Gasteiger partial charge in [0.1, 0.15) is 0 Å². The second kappa shape index (κ2) is 9.25. The molecule has 1 unspecified atom stereocenters. The van der Waals surface area contributed by atoms with Crippen molar-refractivity contribution in [2.24, 2.45) is 0 Å². The van der Waals surface area contributed by atoms with E-state index in [-0.39, 0.29) is 23.6 Å². The minimum atomic E-state index is -3.91. The van der Waals surface area contributed by atoms with E-state index in [2.05, 4.69) is 10.3 Å². The predicted octanol–water partition coefficient (Wildman–Crippen LogP) is 3.76. The zero-order valence-corrected chi connectivity index (χ0v) is 17.3. The lowest BCUT2D eigenvalue weighted by Gasteiger charge is -2.11.